The van der Waals surface area contributed by atoms with Crippen LogP contribution in [0.5, 0.6) is 0 Å². The van der Waals surface area contributed by atoms with Crippen LogP contribution in [0.25, 0.3) is 0 Å². The minimum absolute atomic E-state index is 0.227. The Hall–Kier alpha value is -1.35. The predicted octanol–water partition coefficient (Wildman–Crippen LogP) is 2.67. The van der Waals surface area contributed by atoms with Crippen molar-refractivity contribution in [2.75, 3.05) is 0 Å². The smallest absolute Gasteiger partial charge is 0.335 e. The maximum Gasteiger partial charge on any atom is 0.335 e. The third kappa shape index (κ3) is 5.50. The molecule has 0 aliphatic heterocycles. The third-order valence-corrected chi connectivity index (χ3v) is 2.58. The van der Waals surface area contributed by atoms with Gasteiger partial charge in [0.1, 0.15) is 6.61 Å². The van der Waals surface area contributed by atoms with Crippen molar-refractivity contribution in [2.45, 2.75) is 45.3 Å². The highest BCUT2D eigenvalue weighted by atomic mass is 16.5. The monoisotopic (exact) mass is 236 g/mol. The van der Waals surface area contributed by atoms with Crippen molar-refractivity contribution in [1.82, 2.24) is 0 Å². The Morgan fingerprint density at radius 2 is 2.00 bits per heavy atom. The molecule has 0 saturated heterocycles. The van der Waals surface area contributed by atoms with Gasteiger partial charge in [-0.1, -0.05) is 56.5 Å². The molecule has 0 spiro atoms. The molecule has 1 aromatic carbocycles. The maximum absolute atomic E-state index is 11.4. The molecular weight excluding hydrogens is 216 g/mol. The second-order valence-corrected chi connectivity index (χ2v) is 4.10. The van der Waals surface area contributed by atoms with E-state index in [1.807, 2.05) is 30.3 Å². The summed E-state index contributed by atoms with van der Waals surface area (Å²) in [7, 11) is 0. The van der Waals surface area contributed by atoms with Crippen molar-refractivity contribution < 1.29 is 14.6 Å². The van der Waals surface area contributed by atoms with E-state index in [-0.39, 0.29) is 6.61 Å². The largest absolute Gasteiger partial charge is 0.459 e. The molecule has 1 N–H and O–H groups in total. The zero-order valence-electron chi connectivity index (χ0n) is 10.3. The number of aliphatic hydroxyl groups is 1. The normalized spacial score (nSPS) is 12.1. The molecule has 1 atom stereocenters. The molecule has 0 fully saturated rings. The van der Waals surface area contributed by atoms with Crippen molar-refractivity contribution in [3.8, 4) is 0 Å². The van der Waals surface area contributed by atoms with Gasteiger partial charge in [-0.05, 0) is 12.0 Å². The number of benzene rings is 1. The van der Waals surface area contributed by atoms with E-state index in [0.717, 1.165) is 24.8 Å². The van der Waals surface area contributed by atoms with Crippen LogP contribution in [0.2, 0.25) is 0 Å². The summed E-state index contributed by atoms with van der Waals surface area (Å²) < 4.78 is 5.03. The highest BCUT2D eigenvalue weighted by molar-refractivity contribution is 5.74. The van der Waals surface area contributed by atoms with Gasteiger partial charge >= 0.3 is 5.97 Å². The van der Waals surface area contributed by atoms with Gasteiger partial charge in [0, 0.05) is 0 Å². The third-order valence-electron chi connectivity index (χ3n) is 2.58. The SMILES string of the molecule is CCCCCC(O)C(=O)OCc1ccccc1. The van der Waals surface area contributed by atoms with E-state index in [1.165, 1.54) is 0 Å². The van der Waals surface area contributed by atoms with Crippen molar-refractivity contribution in [2.24, 2.45) is 0 Å². The number of hydrogen-bond acceptors (Lipinski definition) is 3. The highest BCUT2D eigenvalue weighted by Crippen LogP contribution is 2.07. The highest BCUT2D eigenvalue weighted by Gasteiger charge is 2.15. The Balaban J connectivity index is 2.24. The van der Waals surface area contributed by atoms with Crippen LogP contribution in [0.1, 0.15) is 38.2 Å². The van der Waals surface area contributed by atoms with E-state index in [2.05, 4.69) is 6.92 Å². The van der Waals surface area contributed by atoms with E-state index >= 15 is 0 Å². The van der Waals surface area contributed by atoms with Crippen LogP contribution in [0.4, 0.5) is 0 Å². The lowest BCUT2D eigenvalue weighted by molar-refractivity contribution is -0.155. The number of hydrogen-bond donors (Lipinski definition) is 1. The van der Waals surface area contributed by atoms with Gasteiger partial charge in [0.25, 0.3) is 0 Å². The molecule has 0 aliphatic carbocycles. The summed E-state index contributed by atoms with van der Waals surface area (Å²) >= 11 is 0. The zero-order chi connectivity index (χ0) is 12.5. The first-order valence-electron chi connectivity index (χ1n) is 6.12. The van der Waals surface area contributed by atoms with Crippen LogP contribution >= 0.6 is 0 Å². The van der Waals surface area contributed by atoms with E-state index in [4.69, 9.17) is 4.74 Å². The Bertz CT molecular complexity index is 321. The summed E-state index contributed by atoms with van der Waals surface area (Å²) in [5.74, 6) is -0.523. The molecule has 1 rings (SSSR count). The van der Waals surface area contributed by atoms with Gasteiger partial charge in [0.05, 0.1) is 0 Å². The lowest BCUT2D eigenvalue weighted by Gasteiger charge is -2.10. The van der Waals surface area contributed by atoms with Crippen molar-refractivity contribution in [3.63, 3.8) is 0 Å². The summed E-state index contributed by atoms with van der Waals surface area (Å²) in [4.78, 5) is 11.4. The molecule has 0 aliphatic rings. The Labute approximate surface area is 102 Å². The fraction of sp³-hybridized carbons (Fsp3) is 0.500. The Morgan fingerprint density at radius 3 is 2.65 bits per heavy atom. The average Bonchev–Trinajstić information content (AvgIpc) is 2.37. The zero-order valence-corrected chi connectivity index (χ0v) is 10.3. The Morgan fingerprint density at radius 1 is 1.29 bits per heavy atom. The second kappa shape index (κ2) is 7.85. The van der Waals surface area contributed by atoms with Gasteiger partial charge in [-0.15, -0.1) is 0 Å². The van der Waals surface area contributed by atoms with Crippen LogP contribution in [-0.2, 0) is 16.1 Å². The van der Waals surface area contributed by atoms with Crippen molar-refractivity contribution >= 4 is 5.97 Å². The molecule has 0 radical (unpaired) electrons. The fourth-order valence-electron chi connectivity index (χ4n) is 1.53. The van der Waals surface area contributed by atoms with Gasteiger partial charge in [0.15, 0.2) is 6.10 Å². The van der Waals surface area contributed by atoms with Crippen LogP contribution in [0, 0.1) is 0 Å². The molecule has 0 amide bonds. The number of ether oxygens (including phenoxy) is 1. The first-order valence-corrected chi connectivity index (χ1v) is 6.12. The quantitative estimate of drug-likeness (QED) is 0.585. The maximum atomic E-state index is 11.4. The first kappa shape index (κ1) is 13.7. The van der Waals surface area contributed by atoms with Crippen LogP contribution in [-0.4, -0.2) is 17.2 Å². The van der Waals surface area contributed by atoms with Gasteiger partial charge in [0.2, 0.25) is 0 Å². The van der Waals surface area contributed by atoms with E-state index in [9.17, 15) is 9.90 Å². The molecule has 0 saturated carbocycles. The molecule has 3 nitrogen and oxygen atoms in total. The molecule has 17 heavy (non-hydrogen) atoms. The van der Waals surface area contributed by atoms with Gasteiger partial charge < -0.3 is 9.84 Å². The lowest BCUT2D eigenvalue weighted by atomic mass is 10.1. The standard InChI is InChI=1S/C14H20O3/c1-2-3-5-10-13(15)14(16)17-11-12-8-6-4-7-9-12/h4,6-9,13,15H,2-3,5,10-11H2,1H3. The second-order valence-electron chi connectivity index (χ2n) is 4.10. The molecule has 0 bridgehead atoms. The molecular formula is C14H20O3. The van der Waals surface area contributed by atoms with Crippen LogP contribution < -0.4 is 0 Å². The van der Waals surface area contributed by atoms with E-state index in [0.29, 0.717) is 6.42 Å². The van der Waals surface area contributed by atoms with Crippen LogP contribution in [0.15, 0.2) is 30.3 Å². The average molecular weight is 236 g/mol. The summed E-state index contributed by atoms with van der Waals surface area (Å²) in [6, 6.07) is 9.46. The first-order chi connectivity index (χ1) is 8.24. The predicted molar refractivity (Wildman–Crippen MR) is 66.4 cm³/mol. The van der Waals surface area contributed by atoms with Crippen LogP contribution in [0.3, 0.4) is 0 Å². The minimum Gasteiger partial charge on any atom is -0.459 e. The fourth-order valence-corrected chi connectivity index (χ4v) is 1.53. The van der Waals surface area contributed by atoms with Crippen molar-refractivity contribution in [1.29, 1.82) is 0 Å². The topological polar surface area (TPSA) is 46.5 Å². The van der Waals surface area contributed by atoms with E-state index in [1.54, 1.807) is 0 Å². The summed E-state index contributed by atoms with van der Waals surface area (Å²) in [6.45, 7) is 2.31. The summed E-state index contributed by atoms with van der Waals surface area (Å²) in [5, 5.41) is 9.55. The number of rotatable bonds is 7. The molecule has 1 unspecified atom stereocenters. The molecule has 3 heteroatoms. The number of unbranched alkanes of at least 4 members (excludes halogenated alkanes) is 2. The van der Waals surface area contributed by atoms with E-state index < -0.39 is 12.1 Å². The number of aliphatic hydroxyl groups excluding tert-OH is 1. The molecule has 94 valence electrons. The van der Waals surface area contributed by atoms with Gasteiger partial charge in [-0.2, -0.15) is 0 Å². The van der Waals surface area contributed by atoms with Gasteiger partial charge in [-0.25, -0.2) is 4.79 Å². The molecule has 0 heterocycles. The summed E-state index contributed by atoms with van der Waals surface area (Å²) in [5.41, 5.74) is 0.932. The van der Waals surface area contributed by atoms with Gasteiger partial charge in [-0.3, -0.25) is 0 Å². The number of esters is 1. The minimum atomic E-state index is -0.981. The molecule has 0 aromatic heterocycles. The summed E-state index contributed by atoms with van der Waals surface area (Å²) in [6.07, 6.45) is 2.47. The molecule has 1 aromatic rings. The lowest BCUT2D eigenvalue weighted by Crippen LogP contribution is -2.22. The number of carbonyl (C=O) groups is 1. The van der Waals surface area contributed by atoms with Crippen molar-refractivity contribution in [3.05, 3.63) is 35.9 Å². The Kier molecular flexibility index (Phi) is 6.33. The number of carbonyl (C=O) groups excluding carboxylic acids is 1.